The van der Waals surface area contributed by atoms with Crippen LogP contribution in [0.2, 0.25) is 0 Å². The second-order valence-corrected chi connectivity index (χ2v) is 5.58. The molecule has 3 heteroatoms. The van der Waals surface area contributed by atoms with Gasteiger partial charge in [0.25, 0.3) is 0 Å². The van der Waals surface area contributed by atoms with Crippen molar-refractivity contribution in [3.8, 4) is 0 Å². The van der Waals surface area contributed by atoms with Crippen LogP contribution in [-0.4, -0.2) is 11.7 Å². The Bertz CT molecular complexity index is 380. The fourth-order valence-corrected chi connectivity index (χ4v) is 1.86. The molecule has 0 aliphatic carbocycles. The molecule has 94 valence electrons. The zero-order valence-electron chi connectivity index (χ0n) is 11.1. The topological polar surface area (TPSA) is 24.1 Å². The first-order valence-electron chi connectivity index (χ1n) is 6.09. The standard InChI is InChI=1S/C14H22N2S/c1-5-10-15-13(17)16-12-9-7-6-8-11(12)14(2,3)4/h6-9H,5,10H2,1-4H3,(H2,15,16,17). The van der Waals surface area contributed by atoms with Crippen molar-refractivity contribution < 1.29 is 0 Å². The third-order valence-electron chi connectivity index (χ3n) is 2.52. The predicted octanol–water partition coefficient (Wildman–Crippen LogP) is 3.68. The highest BCUT2D eigenvalue weighted by Crippen LogP contribution is 2.29. The van der Waals surface area contributed by atoms with Crippen LogP contribution >= 0.6 is 12.2 Å². The molecular formula is C14H22N2S. The van der Waals surface area contributed by atoms with Crippen molar-refractivity contribution in [3.63, 3.8) is 0 Å². The van der Waals surface area contributed by atoms with Gasteiger partial charge in [-0.25, -0.2) is 0 Å². The van der Waals surface area contributed by atoms with Crippen molar-refractivity contribution in [1.29, 1.82) is 0 Å². The molecule has 0 heterocycles. The maximum absolute atomic E-state index is 5.26. The molecule has 2 N–H and O–H groups in total. The summed E-state index contributed by atoms with van der Waals surface area (Å²) in [5.74, 6) is 0. The highest BCUT2D eigenvalue weighted by Gasteiger charge is 2.17. The Balaban J connectivity index is 2.81. The molecule has 0 amide bonds. The van der Waals surface area contributed by atoms with E-state index in [2.05, 4.69) is 56.5 Å². The van der Waals surface area contributed by atoms with Crippen LogP contribution in [0.15, 0.2) is 24.3 Å². The number of thiocarbonyl (C=S) groups is 1. The number of para-hydroxylation sites is 1. The van der Waals surface area contributed by atoms with Crippen LogP contribution in [0.25, 0.3) is 0 Å². The number of hydrogen-bond donors (Lipinski definition) is 2. The van der Waals surface area contributed by atoms with Crippen molar-refractivity contribution in [3.05, 3.63) is 29.8 Å². The van der Waals surface area contributed by atoms with Crippen molar-refractivity contribution in [2.45, 2.75) is 39.5 Å². The van der Waals surface area contributed by atoms with E-state index in [1.807, 2.05) is 6.07 Å². The van der Waals surface area contributed by atoms with Crippen LogP contribution in [0.1, 0.15) is 39.7 Å². The first-order valence-corrected chi connectivity index (χ1v) is 6.50. The fourth-order valence-electron chi connectivity index (χ4n) is 1.65. The lowest BCUT2D eigenvalue weighted by atomic mass is 9.86. The Hall–Kier alpha value is -1.09. The smallest absolute Gasteiger partial charge is 0.170 e. The van der Waals surface area contributed by atoms with Gasteiger partial charge in [-0.3, -0.25) is 0 Å². The first-order chi connectivity index (χ1) is 7.95. The Labute approximate surface area is 110 Å². The van der Waals surface area contributed by atoms with Crippen molar-refractivity contribution >= 4 is 23.0 Å². The summed E-state index contributed by atoms with van der Waals surface area (Å²) in [6.45, 7) is 9.64. The first kappa shape index (κ1) is 14.0. The molecule has 1 aromatic rings. The van der Waals surface area contributed by atoms with Gasteiger partial charge in [0.05, 0.1) is 0 Å². The zero-order chi connectivity index (χ0) is 12.9. The minimum Gasteiger partial charge on any atom is -0.362 e. The monoisotopic (exact) mass is 250 g/mol. The van der Waals surface area contributed by atoms with E-state index in [1.165, 1.54) is 5.56 Å². The Kier molecular flexibility index (Phi) is 4.94. The van der Waals surface area contributed by atoms with Gasteiger partial charge in [0.2, 0.25) is 0 Å². The van der Waals surface area contributed by atoms with Gasteiger partial charge >= 0.3 is 0 Å². The average molecular weight is 250 g/mol. The van der Waals surface area contributed by atoms with Gasteiger partial charge in [-0.05, 0) is 35.7 Å². The Morgan fingerprint density at radius 1 is 1.24 bits per heavy atom. The van der Waals surface area contributed by atoms with E-state index in [-0.39, 0.29) is 5.41 Å². The van der Waals surface area contributed by atoms with E-state index in [9.17, 15) is 0 Å². The number of hydrogen-bond acceptors (Lipinski definition) is 1. The van der Waals surface area contributed by atoms with Crippen LogP contribution in [0.4, 0.5) is 5.69 Å². The summed E-state index contributed by atoms with van der Waals surface area (Å²) in [4.78, 5) is 0. The van der Waals surface area contributed by atoms with Gasteiger partial charge in [0.15, 0.2) is 5.11 Å². The van der Waals surface area contributed by atoms with E-state index in [0.29, 0.717) is 5.11 Å². The molecule has 1 aromatic carbocycles. The van der Waals surface area contributed by atoms with E-state index in [4.69, 9.17) is 12.2 Å². The van der Waals surface area contributed by atoms with E-state index >= 15 is 0 Å². The molecule has 0 fully saturated rings. The lowest BCUT2D eigenvalue weighted by molar-refractivity contribution is 0.592. The summed E-state index contributed by atoms with van der Waals surface area (Å²) < 4.78 is 0. The highest BCUT2D eigenvalue weighted by molar-refractivity contribution is 7.80. The maximum atomic E-state index is 5.26. The van der Waals surface area contributed by atoms with Crippen molar-refractivity contribution in [1.82, 2.24) is 5.32 Å². The summed E-state index contributed by atoms with van der Waals surface area (Å²) in [5.41, 5.74) is 2.48. The number of nitrogens with one attached hydrogen (secondary N) is 2. The maximum Gasteiger partial charge on any atom is 0.170 e. The average Bonchev–Trinajstić information content (AvgIpc) is 2.25. The second kappa shape index (κ2) is 6.01. The van der Waals surface area contributed by atoms with Gasteiger partial charge in [0.1, 0.15) is 0 Å². The molecule has 0 saturated carbocycles. The summed E-state index contributed by atoms with van der Waals surface area (Å²) in [6.07, 6.45) is 1.07. The third-order valence-corrected chi connectivity index (χ3v) is 2.77. The molecule has 0 radical (unpaired) electrons. The van der Waals surface area contributed by atoms with Gasteiger partial charge in [0, 0.05) is 12.2 Å². The lowest BCUT2D eigenvalue weighted by Gasteiger charge is -2.23. The molecular weight excluding hydrogens is 228 g/mol. The number of anilines is 1. The van der Waals surface area contributed by atoms with E-state index in [1.54, 1.807) is 0 Å². The van der Waals surface area contributed by atoms with Crippen LogP contribution in [0.3, 0.4) is 0 Å². The minimum atomic E-state index is 0.115. The van der Waals surface area contributed by atoms with Gasteiger partial charge in [-0.15, -0.1) is 0 Å². The molecule has 0 aromatic heterocycles. The van der Waals surface area contributed by atoms with Crippen molar-refractivity contribution in [2.75, 3.05) is 11.9 Å². The third kappa shape index (κ3) is 4.35. The summed E-state index contributed by atoms with van der Waals surface area (Å²) in [7, 11) is 0. The largest absolute Gasteiger partial charge is 0.362 e. The summed E-state index contributed by atoms with van der Waals surface area (Å²) >= 11 is 5.26. The quantitative estimate of drug-likeness (QED) is 0.800. The second-order valence-electron chi connectivity index (χ2n) is 5.18. The van der Waals surface area contributed by atoms with Crippen LogP contribution in [0, 0.1) is 0 Å². The lowest BCUT2D eigenvalue weighted by Crippen LogP contribution is -2.30. The predicted molar refractivity (Wildman–Crippen MR) is 79.7 cm³/mol. The molecule has 2 nitrogen and oxygen atoms in total. The molecule has 0 aliphatic rings. The van der Waals surface area contributed by atoms with Crippen LogP contribution in [0.5, 0.6) is 0 Å². The van der Waals surface area contributed by atoms with Crippen LogP contribution in [-0.2, 0) is 5.41 Å². The molecule has 0 unspecified atom stereocenters. The Morgan fingerprint density at radius 2 is 1.88 bits per heavy atom. The normalized spacial score (nSPS) is 11.1. The molecule has 0 bridgehead atoms. The van der Waals surface area contributed by atoms with E-state index < -0.39 is 0 Å². The zero-order valence-corrected chi connectivity index (χ0v) is 11.9. The molecule has 0 saturated heterocycles. The van der Waals surface area contributed by atoms with Crippen LogP contribution < -0.4 is 10.6 Å². The SMILES string of the molecule is CCCNC(=S)Nc1ccccc1C(C)(C)C. The summed E-state index contributed by atoms with van der Waals surface area (Å²) in [6, 6.07) is 8.31. The van der Waals surface area contributed by atoms with Gasteiger partial charge in [-0.1, -0.05) is 45.9 Å². The Morgan fingerprint density at radius 3 is 2.47 bits per heavy atom. The molecule has 1 rings (SSSR count). The molecule has 0 atom stereocenters. The molecule has 0 spiro atoms. The number of benzene rings is 1. The summed E-state index contributed by atoms with van der Waals surface area (Å²) in [5, 5.41) is 7.15. The van der Waals surface area contributed by atoms with Crippen molar-refractivity contribution in [2.24, 2.45) is 0 Å². The molecule has 0 aliphatic heterocycles. The van der Waals surface area contributed by atoms with E-state index in [0.717, 1.165) is 18.7 Å². The minimum absolute atomic E-state index is 0.115. The number of rotatable bonds is 3. The fraction of sp³-hybridized carbons (Fsp3) is 0.500. The highest BCUT2D eigenvalue weighted by atomic mass is 32.1. The van der Waals surface area contributed by atoms with Gasteiger partial charge in [-0.2, -0.15) is 0 Å². The van der Waals surface area contributed by atoms with Gasteiger partial charge < -0.3 is 10.6 Å². The molecule has 17 heavy (non-hydrogen) atoms.